The van der Waals surface area contributed by atoms with Crippen molar-refractivity contribution in [1.82, 2.24) is 14.9 Å². The highest BCUT2D eigenvalue weighted by Gasteiger charge is 2.07. The minimum absolute atomic E-state index is 0.645. The first-order valence-electron chi connectivity index (χ1n) is 6.54. The minimum atomic E-state index is 0.645. The molecular formula is C15H21N3O. The predicted octanol–water partition coefficient (Wildman–Crippen LogP) is 2.07. The zero-order valence-electron chi connectivity index (χ0n) is 11.8. The second-order valence-corrected chi connectivity index (χ2v) is 4.65. The molecule has 2 rings (SSSR count). The first kappa shape index (κ1) is 13.6. The van der Waals surface area contributed by atoms with Crippen LogP contribution < -0.4 is 10.1 Å². The average molecular weight is 259 g/mol. The molecule has 0 aliphatic heterocycles. The molecule has 4 heteroatoms. The molecule has 0 bridgehead atoms. The molecule has 1 N–H and O–H groups in total. The van der Waals surface area contributed by atoms with Gasteiger partial charge in [0.05, 0.1) is 6.61 Å². The third-order valence-electron chi connectivity index (χ3n) is 3.15. The van der Waals surface area contributed by atoms with Crippen molar-refractivity contribution >= 4 is 0 Å². The number of imidazole rings is 1. The second-order valence-electron chi connectivity index (χ2n) is 4.65. The normalized spacial score (nSPS) is 10.7. The third kappa shape index (κ3) is 3.35. The summed E-state index contributed by atoms with van der Waals surface area (Å²) in [5, 5.41) is 3.17. The molecule has 1 aromatic heterocycles. The maximum atomic E-state index is 5.96. The van der Waals surface area contributed by atoms with E-state index in [-0.39, 0.29) is 0 Å². The van der Waals surface area contributed by atoms with Gasteiger partial charge < -0.3 is 14.6 Å². The Morgan fingerprint density at radius 2 is 2.21 bits per heavy atom. The average Bonchev–Trinajstić information content (AvgIpc) is 2.79. The maximum absolute atomic E-state index is 5.96. The van der Waals surface area contributed by atoms with E-state index in [0.29, 0.717) is 6.61 Å². The Bertz CT molecular complexity index is 534. The molecule has 0 amide bonds. The van der Waals surface area contributed by atoms with Gasteiger partial charge in [-0.15, -0.1) is 0 Å². The van der Waals surface area contributed by atoms with Crippen molar-refractivity contribution in [3.63, 3.8) is 0 Å². The van der Waals surface area contributed by atoms with E-state index in [2.05, 4.69) is 35.4 Å². The van der Waals surface area contributed by atoms with E-state index in [1.807, 2.05) is 31.1 Å². The molecule has 0 spiro atoms. The second kappa shape index (κ2) is 6.38. The summed E-state index contributed by atoms with van der Waals surface area (Å²) in [6.45, 7) is 3.54. The summed E-state index contributed by atoms with van der Waals surface area (Å²) in [5.41, 5.74) is 2.37. The Hall–Kier alpha value is -1.81. The summed E-state index contributed by atoms with van der Waals surface area (Å²) >= 11 is 0. The van der Waals surface area contributed by atoms with E-state index in [1.165, 1.54) is 11.1 Å². The molecule has 4 nitrogen and oxygen atoms in total. The van der Waals surface area contributed by atoms with Crippen LogP contribution in [-0.2, 0) is 20.0 Å². The van der Waals surface area contributed by atoms with Crippen molar-refractivity contribution in [3.8, 4) is 5.75 Å². The van der Waals surface area contributed by atoms with Crippen LogP contribution in [0.2, 0.25) is 0 Å². The van der Waals surface area contributed by atoms with Crippen molar-refractivity contribution in [2.45, 2.75) is 19.9 Å². The molecule has 0 atom stereocenters. The Balaban J connectivity index is 2.01. The van der Waals surface area contributed by atoms with E-state index < -0.39 is 0 Å². The van der Waals surface area contributed by atoms with E-state index in [4.69, 9.17) is 4.74 Å². The minimum Gasteiger partial charge on any atom is -0.493 e. The molecule has 0 saturated heterocycles. The van der Waals surface area contributed by atoms with E-state index >= 15 is 0 Å². The fraction of sp³-hybridized carbons (Fsp3) is 0.400. The monoisotopic (exact) mass is 259 g/mol. The summed E-state index contributed by atoms with van der Waals surface area (Å²) < 4.78 is 7.98. The molecule has 0 aliphatic rings. The largest absolute Gasteiger partial charge is 0.493 e. The Morgan fingerprint density at radius 3 is 2.89 bits per heavy atom. The van der Waals surface area contributed by atoms with Crippen molar-refractivity contribution in [2.75, 3.05) is 13.7 Å². The van der Waals surface area contributed by atoms with E-state index in [9.17, 15) is 0 Å². The van der Waals surface area contributed by atoms with Crippen molar-refractivity contribution in [2.24, 2.45) is 7.05 Å². The van der Waals surface area contributed by atoms with Gasteiger partial charge in [0.1, 0.15) is 11.6 Å². The Kier molecular flexibility index (Phi) is 4.58. The number of aryl methyl sites for hydroxylation is 2. The van der Waals surface area contributed by atoms with E-state index in [1.54, 1.807) is 0 Å². The van der Waals surface area contributed by atoms with Gasteiger partial charge in [0.25, 0.3) is 0 Å². The van der Waals surface area contributed by atoms with Gasteiger partial charge in [0.2, 0.25) is 0 Å². The van der Waals surface area contributed by atoms with Crippen LogP contribution in [0.5, 0.6) is 5.75 Å². The molecule has 102 valence electrons. The quantitative estimate of drug-likeness (QED) is 0.863. The summed E-state index contributed by atoms with van der Waals surface area (Å²) in [7, 11) is 3.95. The highest BCUT2D eigenvalue weighted by Crippen LogP contribution is 2.23. The zero-order valence-corrected chi connectivity index (χ0v) is 11.8. The highest BCUT2D eigenvalue weighted by atomic mass is 16.5. The van der Waals surface area contributed by atoms with Crippen LogP contribution in [0.4, 0.5) is 0 Å². The lowest BCUT2D eigenvalue weighted by atomic mass is 10.1. The Labute approximate surface area is 114 Å². The number of hydrogen-bond acceptors (Lipinski definition) is 3. The summed E-state index contributed by atoms with van der Waals surface area (Å²) in [6, 6.07) is 6.24. The smallest absolute Gasteiger partial charge is 0.126 e. The van der Waals surface area contributed by atoms with E-state index in [0.717, 1.165) is 24.5 Å². The maximum Gasteiger partial charge on any atom is 0.126 e. The molecule has 19 heavy (non-hydrogen) atoms. The SMILES string of the molecule is CNCc1cccc(C)c1OCCc1nccn1C. The van der Waals surface area contributed by atoms with Crippen LogP contribution in [0, 0.1) is 6.92 Å². The molecular weight excluding hydrogens is 238 g/mol. The number of ether oxygens (including phenoxy) is 1. The third-order valence-corrected chi connectivity index (χ3v) is 3.15. The molecule has 0 saturated carbocycles. The van der Waals surface area contributed by atoms with Crippen LogP contribution in [0.15, 0.2) is 30.6 Å². The number of aromatic nitrogens is 2. The number of benzene rings is 1. The molecule has 1 heterocycles. The van der Waals surface area contributed by atoms with Gasteiger partial charge in [0.15, 0.2) is 0 Å². The van der Waals surface area contributed by atoms with Gasteiger partial charge in [-0.3, -0.25) is 0 Å². The standard InChI is InChI=1S/C15H21N3O/c1-12-5-4-6-13(11-16-2)15(12)19-10-7-14-17-8-9-18(14)3/h4-6,8-9,16H,7,10-11H2,1-3H3. The van der Waals surface area contributed by atoms with Crippen molar-refractivity contribution in [1.29, 1.82) is 0 Å². The number of hydrogen-bond donors (Lipinski definition) is 1. The summed E-state index contributed by atoms with van der Waals surface area (Å²) in [6.07, 6.45) is 4.59. The van der Waals surface area contributed by atoms with Crippen molar-refractivity contribution < 1.29 is 4.74 Å². The first-order valence-corrected chi connectivity index (χ1v) is 6.54. The molecule has 0 radical (unpaired) electrons. The lowest BCUT2D eigenvalue weighted by Crippen LogP contribution is -2.11. The van der Waals surface area contributed by atoms with Crippen LogP contribution in [0.3, 0.4) is 0 Å². The topological polar surface area (TPSA) is 39.1 Å². The van der Waals surface area contributed by atoms with Gasteiger partial charge in [0, 0.05) is 38.0 Å². The lowest BCUT2D eigenvalue weighted by molar-refractivity contribution is 0.311. The summed E-state index contributed by atoms with van der Waals surface area (Å²) in [5.74, 6) is 2.04. The molecule has 0 aliphatic carbocycles. The Morgan fingerprint density at radius 1 is 1.37 bits per heavy atom. The summed E-state index contributed by atoms with van der Waals surface area (Å²) in [4.78, 5) is 4.30. The molecule has 0 unspecified atom stereocenters. The molecule has 1 aromatic carbocycles. The fourth-order valence-corrected chi connectivity index (χ4v) is 2.13. The van der Waals surface area contributed by atoms with Gasteiger partial charge in [-0.25, -0.2) is 4.98 Å². The first-order chi connectivity index (χ1) is 9.22. The number of nitrogens with zero attached hydrogens (tertiary/aromatic N) is 2. The number of para-hydroxylation sites is 1. The predicted molar refractivity (Wildman–Crippen MR) is 76.3 cm³/mol. The van der Waals surface area contributed by atoms with Gasteiger partial charge in [-0.05, 0) is 19.5 Å². The van der Waals surface area contributed by atoms with Crippen LogP contribution in [0.25, 0.3) is 0 Å². The zero-order chi connectivity index (χ0) is 13.7. The fourth-order valence-electron chi connectivity index (χ4n) is 2.13. The van der Waals surface area contributed by atoms with Crippen molar-refractivity contribution in [3.05, 3.63) is 47.5 Å². The highest BCUT2D eigenvalue weighted by molar-refractivity contribution is 5.40. The molecule has 2 aromatic rings. The van der Waals surface area contributed by atoms with Gasteiger partial charge in [-0.1, -0.05) is 18.2 Å². The molecule has 0 fully saturated rings. The van der Waals surface area contributed by atoms with Crippen LogP contribution in [-0.4, -0.2) is 23.2 Å². The number of rotatable bonds is 6. The van der Waals surface area contributed by atoms with Crippen LogP contribution in [0.1, 0.15) is 17.0 Å². The number of nitrogens with one attached hydrogen (secondary N) is 1. The lowest BCUT2D eigenvalue weighted by Gasteiger charge is -2.14. The van der Waals surface area contributed by atoms with Gasteiger partial charge in [-0.2, -0.15) is 0 Å². The van der Waals surface area contributed by atoms with Gasteiger partial charge >= 0.3 is 0 Å². The van der Waals surface area contributed by atoms with Crippen LogP contribution >= 0.6 is 0 Å².